The molecular weight excluding hydrogens is 354 g/mol. The first-order chi connectivity index (χ1) is 13.4. The third-order valence-electron chi connectivity index (χ3n) is 5.20. The van der Waals surface area contributed by atoms with Gasteiger partial charge >= 0.3 is 6.03 Å². The van der Waals surface area contributed by atoms with Gasteiger partial charge in [0.15, 0.2) is 0 Å². The van der Waals surface area contributed by atoms with Crippen LogP contribution < -0.4 is 19.9 Å². The number of methoxy groups -OCH3 is 1. The van der Waals surface area contributed by atoms with Gasteiger partial charge < -0.3 is 15.0 Å². The Kier molecular flexibility index (Phi) is 5.87. The van der Waals surface area contributed by atoms with Crippen molar-refractivity contribution in [3.05, 3.63) is 53.6 Å². The van der Waals surface area contributed by atoms with Crippen LogP contribution in [0.1, 0.15) is 24.5 Å². The average molecular weight is 381 g/mol. The van der Waals surface area contributed by atoms with Gasteiger partial charge in [0.25, 0.3) is 0 Å². The first-order valence-corrected chi connectivity index (χ1v) is 9.52. The average Bonchev–Trinajstić information content (AvgIpc) is 3.05. The van der Waals surface area contributed by atoms with E-state index in [2.05, 4.69) is 5.32 Å². The molecule has 0 bridgehead atoms. The number of ether oxygens (including phenoxy) is 1. The van der Waals surface area contributed by atoms with Gasteiger partial charge in [-0.3, -0.25) is 9.69 Å². The van der Waals surface area contributed by atoms with Crippen LogP contribution in [0, 0.1) is 13.8 Å². The summed E-state index contributed by atoms with van der Waals surface area (Å²) in [5.74, 6) is 0.770. The van der Waals surface area contributed by atoms with E-state index in [1.54, 1.807) is 16.9 Å². The third-order valence-corrected chi connectivity index (χ3v) is 5.20. The minimum atomic E-state index is -0.214. The highest BCUT2D eigenvalue weighted by atomic mass is 16.5. The van der Waals surface area contributed by atoms with E-state index in [0.717, 1.165) is 22.7 Å². The zero-order valence-corrected chi connectivity index (χ0v) is 16.9. The second-order valence-corrected chi connectivity index (χ2v) is 7.07. The van der Waals surface area contributed by atoms with Gasteiger partial charge in [-0.25, -0.2) is 4.79 Å². The van der Waals surface area contributed by atoms with Crippen LogP contribution in [0.25, 0.3) is 0 Å². The zero-order chi connectivity index (χ0) is 20.3. The highest BCUT2D eigenvalue weighted by Gasteiger charge is 2.32. The molecule has 6 nitrogen and oxygen atoms in total. The summed E-state index contributed by atoms with van der Waals surface area (Å²) < 4.78 is 5.17. The molecule has 0 saturated carbocycles. The Labute approximate surface area is 166 Å². The maximum absolute atomic E-state index is 12.8. The Bertz CT molecular complexity index is 864. The summed E-state index contributed by atoms with van der Waals surface area (Å²) in [7, 11) is 1.61. The second-order valence-electron chi connectivity index (χ2n) is 7.07. The van der Waals surface area contributed by atoms with E-state index in [-0.39, 0.29) is 18.0 Å². The predicted octanol–water partition coefficient (Wildman–Crippen LogP) is 3.65. The van der Waals surface area contributed by atoms with Crippen LogP contribution in [-0.2, 0) is 4.79 Å². The van der Waals surface area contributed by atoms with E-state index in [1.165, 1.54) is 5.56 Å². The maximum Gasteiger partial charge on any atom is 0.322 e. The van der Waals surface area contributed by atoms with E-state index in [1.807, 2.05) is 63.2 Å². The van der Waals surface area contributed by atoms with Crippen molar-refractivity contribution >= 4 is 23.3 Å². The lowest BCUT2D eigenvalue weighted by molar-refractivity contribution is -0.117. The van der Waals surface area contributed by atoms with E-state index in [4.69, 9.17) is 4.74 Å². The Hall–Kier alpha value is -3.02. The summed E-state index contributed by atoms with van der Waals surface area (Å²) in [5, 5.41) is 3.01. The lowest BCUT2D eigenvalue weighted by Crippen LogP contribution is -2.46. The predicted molar refractivity (Wildman–Crippen MR) is 111 cm³/mol. The fourth-order valence-electron chi connectivity index (χ4n) is 3.41. The van der Waals surface area contributed by atoms with Crippen LogP contribution >= 0.6 is 0 Å². The molecule has 1 aliphatic heterocycles. The highest BCUT2D eigenvalue weighted by molar-refractivity contribution is 5.98. The van der Waals surface area contributed by atoms with Crippen molar-refractivity contribution in [1.29, 1.82) is 0 Å². The maximum atomic E-state index is 12.8. The molecule has 0 unspecified atom stereocenters. The van der Waals surface area contributed by atoms with E-state index >= 15 is 0 Å². The lowest BCUT2D eigenvalue weighted by atomic mass is 10.1. The normalized spacial score (nSPS) is 16.2. The van der Waals surface area contributed by atoms with Crippen molar-refractivity contribution in [2.24, 2.45) is 0 Å². The molecular formula is C22H27N3O3. The Morgan fingerprint density at radius 1 is 1.18 bits per heavy atom. The van der Waals surface area contributed by atoms with Crippen molar-refractivity contribution in [3.63, 3.8) is 0 Å². The van der Waals surface area contributed by atoms with Crippen LogP contribution in [0.15, 0.2) is 42.5 Å². The number of rotatable bonds is 5. The number of carbonyl (C=O) groups excluding carboxylic acids is 2. The van der Waals surface area contributed by atoms with Crippen molar-refractivity contribution in [2.75, 3.05) is 30.0 Å². The Morgan fingerprint density at radius 2 is 1.89 bits per heavy atom. The molecule has 1 heterocycles. The number of carbonyl (C=O) groups is 2. The lowest BCUT2D eigenvalue weighted by Gasteiger charge is -2.24. The summed E-state index contributed by atoms with van der Waals surface area (Å²) in [6, 6.07) is 12.9. The van der Waals surface area contributed by atoms with Crippen LogP contribution in [0.3, 0.4) is 0 Å². The van der Waals surface area contributed by atoms with Crippen molar-refractivity contribution < 1.29 is 14.3 Å². The number of benzene rings is 2. The van der Waals surface area contributed by atoms with Crippen molar-refractivity contribution in [3.8, 4) is 5.75 Å². The fraction of sp³-hybridized carbons (Fsp3) is 0.364. The van der Waals surface area contributed by atoms with E-state index in [0.29, 0.717) is 19.5 Å². The summed E-state index contributed by atoms with van der Waals surface area (Å²) in [6.07, 6.45) is 0.304. The van der Waals surface area contributed by atoms with Gasteiger partial charge in [-0.15, -0.1) is 0 Å². The quantitative estimate of drug-likeness (QED) is 0.860. The molecule has 1 fully saturated rings. The molecule has 1 saturated heterocycles. The first-order valence-electron chi connectivity index (χ1n) is 9.52. The fourth-order valence-corrected chi connectivity index (χ4v) is 3.41. The Balaban J connectivity index is 1.67. The summed E-state index contributed by atoms with van der Waals surface area (Å²) in [4.78, 5) is 28.7. The van der Waals surface area contributed by atoms with Gasteiger partial charge in [-0.2, -0.15) is 0 Å². The number of aryl methyl sites for hydroxylation is 2. The van der Waals surface area contributed by atoms with Gasteiger partial charge in [-0.05, 0) is 68.3 Å². The molecule has 2 aromatic carbocycles. The summed E-state index contributed by atoms with van der Waals surface area (Å²) in [6.45, 7) is 7.01. The van der Waals surface area contributed by atoms with Gasteiger partial charge in [0, 0.05) is 30.9 Å². The smallest absolute Gasteiger partial charge is 0.322 e. The number of amides is 3. The second kappa shape index (κ2) is 8.33. The molecule has 0 aromatic heterocycles. The summed E-state index contributed by atoms with van der Waals surface area (Å²) in [5.41, 5.74) is 4.01. The third kappa shape index (κ3) is 4.11. The number of nitrogens with zero attached hydrogens (tertiary/aromatic N) is 2. The number of anilines is 2. The SMILES string of the molecule is CCN(C(=O)N[C@@H]1CC(=O)N(c2ccc(C)c(C)c2)C1)c1ccc(OC)cc1. The monoisotopic (exact) mass is 381 g/mol. The zero-order valence-electron chi connectivity index (χ0n) is 16.9. The largest absolute Gasteiger partial charge is 0.497 e. The number of urea groups is 1. The van der Waals surface area contributed by atoms with Crippen LogP contribution in [0.4, 0.5) is 16.2 Å². The molecule has 2 aromatic rings. The molecule has 1 aliphatic rings. The van der Waals surface area contributed by atoms with Crippen molar-refractivity contribution in [2.45, 2.75) is 33.2 Å². The molecule has 6 heteroatoms. The van der Waals surface area contributed by atoms with Crippen molar-refractivity contribution in [1.82, 2.24) is 5.32 Å². The first kappa shape index (κ1) is 19.7. The number of hydrogen-bond acceptors (Lipinski definition) is 3. The molecule has 0 radical (unpaired) electrons. The summed E-state index contributed by atoms with van der Waals surface area (Å²) >= 11 is 0. The number of hydrogen-bond donors (Lipinski definition) is 1. The van der Waals surface area contributed by atoms with Gasteiger partial charge in [-0.1, -0.05) is 6.07 Å². The van der Waals surface area contributed by atoms with Gasteiger partial charge in [0.2, 0.25) is 5.91 Å². The standard InChI is InChI=1S/C22H27N3O3/c1-5-24(18-8-10-20(28-4)11-9-18)22(27)23-17-13-21(26)25(14-17)19-7-6-15(2)16(3)12-19/h6-12,17H,5,13-14H2,1-4H3,(H,23,27)/t17-/m1/s1. The highest BCUT2D eigenvalue weighted by Crippen LogP contribution is 2.25. The molecule has 1 N–H and O–H groups in total. The van der Waals surface area contributed by atoms with Crippen LogP contribution in [0.2, 0.25) is 0 Å². The topological polar surface area (TPSA) is 61.9 Å². The number of nitrogens with one attached hydrogen (secondary N) is 1. The minimum absolute atomic E-state index is 0.0287. The molecule has 28 heavy (non-hydrogen) atoms. The van der Waals surface area contributed by atoms with E-state index < -0.39 is 0 Å². The van der Waals surface area contributed by atoms with Gasteiger partial charge in [0.1, 0.15) is 5.75 Å². The van der Waals surface area contributed by atoms with Crippen LogP contribution in [0.5, 0.6) is 5.75 Å². The van der Waals surface area contributed by atoms with Crippen LogP contribution in [-0.4, -0.2) is 38.2 Å². The molecule has 3 rings (SSSR count). The molecule has 0 aliphatic carbocycles. The minimum Gasteiger partial charge on any atom is -0.497 e. The molecule has 3 amide bonds. The van der Waals surface area contributed by atoms with E-state index in [9.17, 15) is 9.59 Å². The molecule has 148 valence electrons. The molecule has 0 spiro atoms. The van der Waals surface area contributed by atoms with Gasteiger partial charge in [0.05, 0.1) is 13.2 Å². The molecule has 1 atom stereocenters. The Morgan fingerprint density at radius 3 is 2.50 bits per heavy atom.